The van der Waals surface area contributed by atoms with Gasteiger partial charge in [-0.3, -0.25) is 9.59 Å². The highest BCUT2D eigenvalue weighted by Gasteiger charge is 2.24. The fourth-order valence-electron chi connectivity index (χ4n) is 3.40. The zero-order valence-electron chi connectivity index (χ0n) is 18.3. The topological polar surface area (TPSA) is 58.7 Å². The van der Waals surface area contributed by atoms with Crippen LogP contribution < -0.4 is 0 Å². The SMILES string of the molecule is CCCCN(CC(=O)N(Cc1ccco1)Cc1cccn1C)C(=O)c1cc(Cl)cc(Cl)c1. The third-order valence-electron chi connectivity index (χ3n) is 5.19. The van der Waals surface area contributed by atoms with Crippen LogP contribution in [0.5, 0.6) is 0 Å². The van der Waals surface area contributed by atoms with Gasteiger partial charge in [-0.15, -0.1) is 0 Å². The van der Waals surface area contributed by atoms with Crippen LogP contribution in [0.15, 0.2) is 59.3 Å². The third-order valence-corrected chi connectivity index (χ3v) is 5.62. The first kappa shape index (κ1) is 24.0. The number of unbranched alkanes of at least 4 members (excludes halogenated alkanes) is 1. The van der Waals surface area contributed by atoms with Crippen molar-refractivity contribution in [3.05, 3.63) is 82.0 Å². The van der Waals surface area contributed by atoms with Crippen LogP contribution in [0.2, 0.25) is 10.0 Å². The second kappa shape index (κ2) is 11.2. The molecule has 2 aromatic heterocycles. The number of carbonyl (C=O) groups is 2. The first-order valence-electron chi connectivity index (χ1n) is 10.5. The van der Waals surface area contributed by atoms with Gasteiger partial charge in [-0.25, -0.2) is 0 Å². The van der Waals surface area contributed by atoms with Gasteiger partial charge in [0.2, 0.25) is 5.91 Å². The van der Waals surface area contributed by atoms with Crippen LogP contribution in [0.25, 0.3) is 0 Å². The standard InChI is InChI=1S/C24H27Cl2N3O3/c1-3-4-10-28(24(31)18-12-19(25)14-20(26)13-18)17-23(30)29(16-22-8-6-11-32-22)15-21-7-5-9-27(21)2/h5-9,11-14H,3-4,10,15-17H2,1-2H3. The number of carbonyl (C=O) groups excluding carboxylic acids is 2. The third kappa shape index (κ3) is 6.40. The van der Waals surface area contributed by atoms with Crippen molar-refractivity contribution in [3.63, 3.8) is 0 Å². The molecule has 6 nitrogen and oxygen atoms in total. The number of hydrogen-bond acceptors (Lipinski definition) is 3. The monoisotopic (exact) mass is 475 g/mol. The number of benzene rings is 1. The summed E-state index contributed by atoms with van der Waals surface area (Å²) in [5.41, 5.74) is 1.35. The number of amides is 2. The average molecular weight is 476 g/mol. The predicted molar refractivity (Wildman–Crippen MR) is 126 cm³/mol. The van der Waals surface area contributed by atoms with Gasteiger partial charge in [0.15, 0.2) is 0 Å². The summed E-state index contributed by atoms with van der Waals surface area (Å²) in [4.78, 5) is 29.9. The van der Waals surface area contributed by atoms with Gasteiger partial charge in [0, 0.05) is 41.1 Å². The molecule has 0 aliphatic carbocycles. The molecule has 2 heterocycles. The quantitative estimate of drug-likeness (QED) is 0.394. The summed E-state index contributed by atoms with van der Waals surface area (Å²) in [5.74, 6) is 0.244. The summed E-state index contributed by atoms with van der Waals surface area (Å²) in [6, 6.07) is 12.3. The molecular formula is C24H27Cl2N3O3. The van der Waals surface area contributed by atoms with Crippen LogP contribution in [0.4, 0.5) is 0 Å². The van der Waals surface area contributed by atoms with E-state index in [9.17, 15) is 9.59 Å². The molecule has 0 atom stereocenters. The van der Waals surface area contributed by atoms with E-state index in [0.29, 0.717) is 41.0 Å². The molecule has 0 fully saturated rings. The highest BCUT2D eigenvalue weighted by molar-refractivity contribution is 6.35. The Kier molecular flexibility index (Phi) is 8.42. The van der Waals surface area contributed by atoms with E-state index < -0.39 is 0 Å². The normalized spacial score (nSPS) is 10.9. The zero-order chi connectivity index (χ0) is 23.1. The zero-order valence-corrected chi connectivity index (χ0v) is 19.8. The molecule has 0 spiro atoms. The number of aryl methyl sites for hydroxylation is 1. The van der Waals surface area contributed by atoms with Gasteiger partial charge in [-0.05, 0) is 48.9 Å². The lowest BCUT2D eigenvalue weighted by atomic mass is 10.2. The van der Waals surface area contributed by atoms with Crippen molar-refractivity contribution in [1.82, 2.24) is 14.4 Å². The Morgan fingerprint density at radius 3 is 2.38 bits per heavy atom. The molecule has 0 aliphatic rings. The van der Waals surface area contributed by atoms with E-state index >= 15 is 0 Å². The first-order chi connectivity index (χ1) is 15.4. The molecule has 8 heteroatoms. The summed E-state index contributed by atoms with van der Waals surface area (Å²) in [5, 5.41) is 0.761. The lowest BCUT2D eigenvalue weighted by Gasteiger charge is -2.27. The summed E-state index contributed by atoms with van der Waals surface area (Å²) in [6.07, 6.45) is 5.20. The van der Waals surface area contributed by atoms with Gasteiger partial charge in [-0.2, -0.15) is 0 Å². The number of nitrogens with zero attached hydrogens (tertiary/aromatic N) is 3. The highest BCUT2D eigenvalue weighted by Crippen LogP contribution is 2.21. The first-order valence-corrected chi connectivity index (χ1v) is 11.3. The Morgan fingerprint density at radius 1 is 1.03 bits per heavy atom. The Balaban J connectivity index is 1.81. The molecule has 0 unspecified atom stereocenters. The van der Waals surface area contributed by atoms with Gasteiger partial charge in [0.05, 0.1) is 19.4 Å². The molecule has 0 N–H and O–H groups in total. The number of aromatic nitrogens is 1. The van der Waals surface area contributed by atoms with E-state index in [2.05, 4.69) is 0 Å². The molecule has 2 amide bonds. The van der Waals surface area contributed by atoms with Crippen molar-refractivity contribution in [1.29, 1.82) is 0 Å². The van der Waals surface area contributed by atoms with E-state index in [4.69, 9.17) is 27.6 Å². The van der Waals surface area contributed by atoms with Crippen molar-refractivity contribution in [2.45, 2.75) is 32.9 Å². The Bertz CT molecular complexity index is 1030. The number of rotatable bonds is 10. The van der Waals surface area contributed by atoms with Crippen LogP contribution >= 0.6 is 23.2 Å². The van der Waals surface area contributed by atoms with E-state index in [-0.39, 0.29) is 18.4 Å². The maximum absolute atomic E-state index is 13.4. The summed E-state index contributed by atoms with van der Waals surface area (Å²) in [6.45, 7) is 3.18. The van der Waals surface area contributed by atoms with Crippen molar-refractivity contribution in [3.8, 4) is 0 Å². The van der Waals surface area contributed by atoms with Crippen molar-refractivity contribution >= 4 is 35.0 Å². The second-order valence-electron chi connectivity index (χ2n) is 7.68. The van der Waals surface area contributed by atoms with Crippen LogP contribution in [0.3, 0.4) is 0 Å². The van der Waals surface area contributed by atoms with E-state index in [0.717, 1.165) is 18.5 Å². The largest absolute Gasteiger partial charge is 0.467 e. The van der Waals surface area contributed by atoms with Crippen LogP contribution in [-0.4, -0.2) is 39.3 Å². The molecule has 32 heavy (non-hydrogen) atoms. The number of furan rings is 1. The molecule has 0 saturated heterocycles. The molecule has 0 saturated carbocycles. The highest BCUT2D eigenvalue weighted by atomic mass is 35.5. The van der Waals surface area contributed by atoms with Crippen LogP contribution in [0, 0.1) is 0 Å². The van der Waals surface area contributed by atoms with Crippen LogP contribution in [0.1, 0.15) is 41.6 Å². The van der Waals surface area contributed by atoms with Crippen molar-refractivity contribution in [2.24, 2.45) is 7.05 Å². The Labute approximate surface area is 198 Å². The second-order valence-corrected chi connectivity index (χ2v) is 8.55. The lowest BCUT2D eigenvalue weighted by molar-refractivity contribution is -0.133. The van der Waals surface area contributed by atoms with E-state index in [1.165, 1.54) is 0 Å². The molecule has 0 aliphatic heterocycles. The van der Waals surface area contributed by atoms with Gasteiger partial charge in [0.1, 0.15) is 12.3 Å². The molecule has 0 radical (unpaired) electrons. The predicted octanol–water partition coefficient (Wildman–Crippen LogP) is 5.40. The molecular weight excluding hydrogens is 449 g/mol. The van der Waals surface area contributed by atoms with Gasteiger partial charge < -0.3 is 18.8 Å². The number of hydrogen-bond donors (Lipinski definition) is 0. The van der Waals surface area contributed by atoms with Crippen molar-refractivity contribution < 1.29 is 14.0 Å². The maximum atomic E-state index is 13.4. The smallest absolute Gasteiger partial charge is 0.254 e. The minimum atomic E-state index is -0.270. The summed E-state index contributed by atoms with van der Waals surface area (Å²) in [7, 11) is 1.94. The lowest BCUT2D eigenvalue weighted by Crippen LogP contribution is -2.43. The fourth-order valence-corrected chi connectivity index (χ4v) is 3.93. The van der Waals surface area contributed by atoms with Crippen LogP contribution in [-0.2, 0) is 24.9 Å². The summed E-state index contributed by atoms with van der Waals surface area (Å²) < 4.78 is 7.43. The Hall–Kier alpha value is -2.70. The average Bonchev–Trinajstić information content (AvgIpc) is 3.41. The fraction of sp³-hybridized carbons (Fsp3) is 0.333. The minimum Gasteiger partial charge on any atom is -0.467 e. The van der Waals surface area contributed by atoms with E-state index in [1.54, 1.807) is 40.3 Å². The maximum Gasteiger partial charge on any atom is 0.254 e. The van der Waals surface area contributed by atoms with Gasteiger partial charge >= 0.3 is 0 Å². The van der Waals surface area contributed by atoms with Gasteiger partial charge in [0.25, 0.3) is 5.91 Å². The molecule has 3 aromatic rings. The minimum absolute atomic E-state index is 0.0475. The Morgan fingerprint density at radius 2 is 1.78 bits per heavy atom. The van der Waals surface area contributed by atoms with Crippen molar-refractivity contribution in [2.75, 3.05) is 13.1 Å². The van der Waals surface area contributed by atoms with E-state index in [1.807, 2.05) is 42.9 Å². The molecule has 3 rings (SSSR count). The molecule has 170 valence electrons. The van der Waals surface area contributed by atoms with Gasteiger partial charge in [-0.1, -0.05) is 36.5 Å². The number of halogens is 2. The summed E-state index contributed by atoms with van der Waals surface area (Å²) >= 11 is 12.2. The molecule has 0 bridgehead atoms. The molecule has 1 aromatic carbocycles.